The zero-order chi connectivity index (χ0) is 15.7. The van der Waals surface area contributed by atoms with E-state index in [-0.39, 0.29) is 18.1 Å². The van der Waals surface area contributed by atoms with Crippen molar-refractivity contribution in [1.29, 1.82) is 0 Å². The molecule has 0 spiro atoms. The van der Waals surface area contributed by atoms with E-state index in [0.29, 0.717) is 42.9 Å². The number of alkyl halides is 2. The van der Waals surface area contributed by atoms with Gasteiger partial charge in [0.25, 0.3) is 5.92 Å². The summed E-state index contributed by atoms with van der Waals surface area (Å²) in [6.07, 6.45) is 6.82. The fraction of sp³-hybridized carbons (Fsp3) is 0.842. The second kappa shape index (κ2) is 4.64. The maximum absolute atomic E-state index is 14.5. The number of fused-ring (bicyclic) bond motifs is 5. The summed E-state index contributed by atoms with van der Waals surface area (Å²) in [5.41, 5.74) is 0.548. The van der Waals surface area contributed by atoms with Crippen molar-refractivity contribution in [3.05, 3.63) is 11.6 Å². The van der Waals surface area contributed by atoms with Crippen molar-refractivity contribution < 1.29 is 13.6 Å². The monoisotopic (exact) mass is 308 g/mol. The molecule has 0 bridgehead atoms. The van der Waals surface area contributed by atoms with E-state index in [4.69, 9.17) is 0 Å². The Hall–Kier alpha value is -0.730. The van der Waals surface area contributed by atoms with Crippen molar-refractivity contribution in [2.75, 3.05) is 0 Å². The van der Waals surface area contributed by atoms with Gasteiger partial charge in [0.2, 0.25) is 0 Å². The minimum atomic E-state index is -2.49. The smallest absolute Gasteiger partial charge is 0.253 e. The van der Waals surface area contributed by atoms with E-state index in [2.05, 4.69) is 6.92 Å². The minimum Gasteiger partial charge on any atom is -0.295 e. The number of hydrogen-bond acceptors (Lipinski definition) is 1. The fourth-order valence-corrected chi connectivity index (χ4v) is 6.52. The highest BCUT2D eigenvalue weighted by atomic mass is 19.3. The Morgan fingerprint density at radius 3 is 2.73 bits per heavy atom. The first-order valence-electron chi connectivity index (χ1n) is 8.94. The summed E-state index contributed by atoms with van der Waals surface area (Å²) in [6, 6.07) is 0. The molecule has 22 heavy (non-hydrogen) atoms. The van der Waals surface area contributed by atoms with E-state index in [1.165, 1.54) is 5.57 Å². The summed E-state index contributed by atoms with van der Waals surface area (Å²) in [5.74, 6) is -0.131. The Labute approximate surface area is 131 Å². The lowest BCUT2D eigenvalue weighted by Crippen LogP contribution is -2.51. The quantitative estimate of drug-likeness (QED) is 0.615. The molecule has 0 aromatic rings. The molecule has 3 saturated carbocycles. The third-order valence-electron chi connectivity index (χ3n) is 7.64. The molecule has 0 radical (unpaired) electrons. The van der Waals surface area contributed by atoms with E-state index in [0.717, 1.165) is 19.3 Å². The summed E-state index contributed by atoms with van der Waals surface area (Å²) < 4.78 is 29.0. The van der Waals surface area contributed by atoms with Crippen LogP contribution in [0.5, 0.6) is 0 Å². The Balaban J connectivity index is 1.69. The van der Waals surface area contributed by atoms with Gasteiger partial charge >= 0.3 is 0 Å². The molecule has 0 heterocycles. The third kappa shape index (κ3) is 1.83. The number of allylic oxidation sites excluding steroid dienone is 1. The van der Waals surface area contributed by atoms with Gasteiger partial charge in [-0.2, -0.15) is 0 Å². The van der Waals surface area contributed by atoms with Crippen LogP contribution < -0.4 is 0 Å². The molecule has 3 heteroatoms. The molecular formula is C19H26F2O. The van der Waals surface area contributed by atoms with Crippen molar-refractivity contribution in [2.45, 2.75) is 64.7 Å². The molecule has 6 atom stereocenters. The largest absolute Gasteiger partial charge is 0.295 e. The van der Waals surface area contributed by atoms with Crippen molar-refractivity contribution in [1.82, 2.24) is 0 Å². The maximum atomic E-state index is 14.5. The molecule has 4 aliphatic rings. The van der Waals surface area contributed by atoms with E-state index in [1.807, 2.05) is 13.0 Å². The van der Waals surface area contributed by atoms with E-state index < -0.39 is 11.3 Å². The minimum absolute atomic E-state index is 0.0793. The van der Waals surface area contributed by atoms with Crippen LogP contribution in [0.4, 0.5) is 8.78 Å². The van der Waals surface area contributed by atoms with Crippen LogP contribution in [0.3, 0.4) is 0 Å². The van der Waals surface area contributed by atoms with Crippen LogP contribution in [-0.2, 0) is 4.79 Å². The number of halogens is 2. The summed E-state index contributed by atoms with van der Waals surface area (Å²) in [6.45, 7) is 4.08. The van der Waals surface area contributed by atoms with Crippen LogP contribution in [-0.4, -0.2) is 11.7 Å². The van der Waals surface area contributed by atoms with Gasteiger partial charge in [0.15, 0.2) is 5.78 Å². The van der Waals surface area contributed by atoms with Crippen LogP contribution in [0.15, 0.2) is 11.6 Å². The lowest BCUT2D eigenvalue weighted by molar-refractivity contribution is -0.150. The lowest BCUT2D eigenvalue weighted by Gasteiger charge is -2.55. The highest BCUT2D eigenvalue weighted by Gasteiger charge is 2.65. The highest BCUT2D eigenvalue weighted by molar-refractivity contribution is 5.91. The van der Waals surface area contributed by atoms with Crippen molar-refractivity contribution in [2.24, 2.45) is 35.0 Å². The number of hydrogen-bond donors (Lipinski definition) is 0. The zero-order valence-electron chi connectivity index (χ0n) is 13.6. The van der Waals surface area contributed by atoms with Crippen LogP contribution in [0.2, 0.25) is 0 Å². The Kier molecular flexibility index (Phi) is 3.13. The van der Waals surface area contributed by atoms with Gasteiger partial charge < -0.3 is 0 Å². The average Bonchev–Trinajstić information content (AvgIpc) is 2.69. The molecule has 0 aromatic heterocycles. The Bertz CT molecular complexity index is 538. The highest BCUT2D eigenvalue weighted by Crippen LogP contribution is 2.67. The average molecular weight is 308 g/mol. The summed E-state index contributed by atoms with van der Waals surface area (Å²) in [7, 11) is 0. The lowest BCUT2D eigenvalue weighted by atomic mass is 9.49. The van der Waals surface area contributed by atoms with Crippen molar-refractivity contribution in [3.8, 4) is 0 Å². The van der Waals surface area contributed by atoms with Gasteiger partial charge in [0.05, 0.1) is 0 Å². The zero-order valence-corrected chi connectivity index (χ0v) is 13.6. The van der Waals surface area contributed by atoms with Crippen molar-refractivity contribution >= 4 is 5.78 Å². The number of carbonyl (C=O) groups excluding carboxylic acids is 1. The van der Waals surface area contributed by atoms with E-state index >= 15 is 0 Å². The molecule has 0 saturated heterocycles. The van der Waals surface area contributed by atoms with Gasteiger partial charge in [-0.25, -0.2) is 8.78 Å². The molecular weight excluding hydrogens is 282 g/mol. The van der Waals surface area contributed by atoms with Crippen molar-refractivity contribution in [3.63, 3.8) is 0 Å². The molecule has 3 fully saturated rings. The SMILES string of the molecule is C[C@@H]1CC2=CC(=O)CC[C@@H]2[C@H]2CC[C@@]3(C)[C@@H](CCC3(F)F)[C@@H]21. The normalized spacial score (nSPS) is 49.9. The van der Waals surface area contributed by atoms with E-state index in [9.17, 15) is 13.6 Å². The van der Waals surface area contributed by atoms with Crippen LogP contribution in [0.1, 0.15) is 58.8 Å². The van der Waals surface area contributed by atoms with Crippen LogP contribution in [0, 0.1) is 35.0 Å². The van der Waals surface area contributed by atoms with Gasteiger partial charge in [0.1, 0.15) is 0 Å². The Morgan fingerprint density at radius 1 is 1.18 bits per heavy atom. The molecule has 0 N–H and O–H groups in total. The van der Waals surface area contributed by atoms with Gasteiger partial charge in [-0.3, -0.25) is 4.79 Å². The predicted molar refractivity (Wildman–Crippen MR) is 81.6 cm³/mol. The summed E-state index contributed by atoms with van der Waals surface area (Å²) >= 11 is 0. The topological polar surface area (TPSA) is 17.1 Å². The van der Waals surface area contributed by atoms with Crippen LogP contribution >= 0.6 is 0 Å². The molecule has 0 unspecified atom stereocenters. The fourth-order valence-electron chi connectivity index (χ4n) is 6.52. The molecule has 0 amide bonds. The summed E-state index contributed by atoms with van der Waals surface area (Å²) in [4.78, 5) is 11.7. The van der Waals surface area contributed by atoms with E-state index in [1.54, 1.807) is 0 Å². The third-order valence-corrected chi connectivity index (χ3v) is 7.64. The first-order valence-corrected chi connectivity index (χ1v) is 8.94. The summed E-state index contributed by atoms with van der Waals surface area (Å²) in [5, 5.41) is 0. The standard InChI is InChI=1S/C19H26F2O/c1-11-9-12-10-13(22)3-4-14(12)15-5-7-18(2)16(17(11)15)6-8-19(18,20)21/h10-11,14-17H,3-9H2,1-2H3/t11-,14+,15-,16+,17-,18+/m1/s1. The number of ketones is 1. The van der Waals surface area contributed by atoms with Gasteiger partial charge in [0, 0.05) is 18.3 Å². The molecule has 4 aliphatic carbocycles. The molecule has 0 aliphatic heterocycles. The van der Waals surface area contributed by atoms with Gasteiger partial charge in [-0.1, -0.05) is 19.4 Å². The second-order valence-corrected chi connectivity index (χ2v) is 8.56. The van der Waals surface area contributed by atoms with Gasteiger partial charge in [-0.15, -0.1) is 0 Å². The maximum Gasteiger partial charge on any atom is 0.253 e. The molecule has 0 aromatic carbocycles. The molecule has 1 nitrogen and oxygen atoms in total. The number of rotatable bonds is 0. The van der Waals surface area contributed by atoms with Crippen LogP contribution in [0.25, 0.3) is 0 Å². The Morgan fingerprint density at radius 2 is 1.95 bits per heavy atom. The first kappa shape index (κ1) is 14.8. The molecule has 4 rings (SSSR count). The molecule has 122 valence electrons. The first-order chi connectivity index (χ1) is 10.3. The second-order valence-electron chi connectivity index (χ2n) is 8.56. The number of carbonyl (C=O) groups is 1. The predicted octanol–water partition coefficient (Wildman–Crippen LogP) is 5.01. The van der Waals surface area contributed by atoms with Gasteiger partial charge in [-0.05, 0) is 67.8 Å².